The Hall–Kier alpha value is -1.67. The van der Waals surface area contributed by atoms with E-state index in [0.717, 1.165) is 11.8 Å². The van der Waals surface area contributed by atoms with Crippen molar-refractivity contribution in [1.82, 2.24) is 4.98 Å². The first-order valence-electron chi connectivity index (χ1n) is 4.39. The minimum Gasteiger partial charge on any atom is -0.298 e. The Kier molecular flexibility index (Phi) is 5.12. The second kappa shape index (κ2) is 6.74. The van der Waals surface area contributed by atoms with Crippen molar-refractivity contribution in [2.75, 3.05) is 0 Å². The van der Waals surface area contributed by atoms with Crippen LogP contribution in [0.5, 0.6) is 0 Å². The number of nitrogens with zero attached hydrogens (tertiary/aromatic N) is 1. The van der Waals surface area contributed by atoms with Gasteiger partial charge in [-0.2, -0.15) is 0 Å². The van der Waals surface area contributed by atoms with Crippen LogP contribution in [0.25, 0.3) is 0 Å². The highest BCUT2D eigenvalue weighted by Gasteiger charge is 1.80. The molecule has 15 heavy (non-hydrogen) atoms. The minimum atomic E-state index is 0.544. The van der Waals surface area contributed by atoms with Crippen molar-refractivity contribution in [3.63, 3.8) is 0 Å². The zero-order valence-electron chi connectivity index (χ0n) is 8.01. The third-order valence-corrected chi connectivity index (χ3v) is 1.79. The van der Waals surface area contributed by atoms with Gasteiger partial charge >= 0.3 is 0 Å². The first-order chi connectivity index (χ1) is 7.33. The predicted molar refractivity (Wildman–Crippen MR) is 61.1 cm³/mol. The third kappa shape index (κ3) is 4.93. The molecular formula is C12H10ClNO. The van der Waals surface area contributed by atoms with Crippen molar-refractivity contribution < 1.29 is 4.79 Å². The summed E-state index contributed by atoms with van der Waals surface area (Å²) < 4.78 is 0. The third-order valence-electron chi connectivity index (χ3n) is 1.56. The maximum Gasteiger partial charge on any atom is 0.150 e. The Morgan fingerprint density at radius 1 is 1.00 bits per heavy atom. The van der Waals surface area contributed by atoms with E-state index < -0.39 is 0 Å². The van der Waals surface area contributed by atoms with Crippen LogP contribution >= 0.6 is 11.6 Å². The van der Waals surface area contributed by atoms with E-state index in [4.69, 9.17) is 11.6 Å². The molecule has 2 nitrogen and oxygen atoms in total. The summed E-state index contributed by atoms with van der Waals surface area (Å²) in [4.78, 5) is 13.8. The fraction of sp³-hybridized carbons (Fsp3) is 0. The molecule has 0 aliphatic rings. The van der Waals surface area contributed by atoms with E-state index >= 15 is 0 Å². The number of hydrogen-bond donors (Lipinski definition) is 0. The Morgan fingerprint density at radius 3 is 2.00 bits per heavy atom. The average Bonchev–Trinajstić information content (AvgIpc) is 2.32. The highest BCUT2D eigenvalue weighted by molar-refractivity contribution is 6.29. The number of halogens is 1. The smallest absolute Gasteiger partial charge is 0.150 e. The summed E-state index contributed by atoms with van der Waals surface area (Å²) in [5.74, 6) is 0. The summed E-state index contributed by atoms with van der Waals surface area (Å²) in [6.07, 6.45) is 2.49. The van der Waals surface area contributed by atoms with Crippen LogP contribution < -0.4 is 0 Å². The number of aldehydes is 1. The molecule has 2 rings (SSSR count). The molecule has 0 fully saturated rings. The molecule has 0 spiro atoms. The van der Waals surface area contributed by atoms with Crippen molar-refractivity contribution >= 4 is 17.9 Å². The van der Waals surface area contributed by atoms with Gasteiger partial charge in [-0.25, -0.2) is 4.98 Å². The number of hydrogen-bond acceptors (Lipinski definition) is 2. The zero-order valence-corrected chi connectivity index (χ0v) is 8.76. The van der Waals surface area contributed by atoms with E-state index in [1.807, 2.05) is 30.3 Å². The van der Waals surface area contributed by atoms with Gasteiger partial charge in [-0.05, 0) is 12.1 Å². The molecule has 1 heterocycles. The molecule has 0 saturated carbocycles. The van der Waals surface area contributed by atoms with E-state index in [1.54, 1.807) is 24.4 Å². The van der Waals surface area contributed by atoms with Gasteiger partial charge in [0.2, 0.25) is 0 Å². The fourth-order valence-electron chi connectivity index (χ4n) is 0.874. The van der Waals surface area contributed by atoms with Crippen LogP contribution in [0.3, 0.4) is 0 Å². The summed E-state index contributed by atoms with van der Waals surface area (Å²) in [5, 5.41) is 0.544. The van der Waals surface area contributed by atoms with Crippen LogP contribution in [0.1, 0.15) is 10.4 Å². The van der Waals surface area contributed by atoms with Crippen LogP contribution in [0, 0.1) is 0 Å². The van der Waals surface area contributed by atoms with Gasteiger partial charge in [0.15, 0.2) is 0 Å². The number of carbonyl (C=O) groups is 1. The molecule has 0 atom stereocenters. The molecule has 3 heteroatoms. The van der Waals surface area contributed by atoms with Crippen LogP contribution in [0.2, 0.25) is 5.15 Å². The largest absolute Gasteiger partial charge is 0.298 e. The lowest BCUT2D eigenvalue weighted by Gasteiger charge is -1.81. The molecule has 0 aliphatic carbocycles. The van der Waals surface area contributed by atoms with Crippen LogP contribution in [0.4, 0.5) is 0 Å². The second-order valence-electron chi connectivity index (χ2n) is 2.68. The van der Waals surface area contributed by atoms with Gasteiger partial charge in [0, 0.05) is 11.8 Å². The van der Waals surface area contributed by atoms with Gasteiger partial charge in [0.25, 0.3) is 0 Å². The van der Waals surface area contributed by atoms with E-state index in [-0.39, 0.29) is 0 Å². The number of rotatable bonds is 1. The molecule has 0 aliphatic heterocycles. The molecule has 0 radical (unpaired) electrons. The maximum atomic E-state index is 10.0. The molecule has 0 saturated heterocycles. The van der Waals surface area contributed by atoms with Gasteiger partial charge in [0.1, 0.15) is 11.4 Å². The SMILES string of the molecule is Clc1ccccn1.O=Cc1ccccc1. The van der Waals surface area contributed by atoms with Crippen molar-refractivity contribution in [3.05, 3.63) is 65.4 Å². The zero-order chi connectivity index (χ0) is 10.9. The second-order valence-corrected chi connectivity index (χ2v) is 3.07. The molecular weight excluding hydrogens is 210 g/mol. The quantitative estimate of drug-likeness (QED) is 0.545. The van der Waals surface area contributed by atoms with Crippen LogP contribution in [-0.2, 0) is 0 Å². The minimum absolute atomic E-state index is 0.544. The van der Waals surface area contributed by atoms with Gasteiger partial charge in [-0.3, -0.25) is 4.79 Å². The molecule has 0 N–H and O–H groups in total. The summed E-state index contributed by atoms with van der Waals surface area (Å²) in [7, 11) is 0. The monoisotopic (exact) mass is 219 g/mol. The van der Waals surface area contributed by atoms with E-state index in [0.29, 0.717) is 5.15 Å². The predicted octanol–water partition coefficient (Wildman–Crippen LogP) is 3.23. The van der Waals surface area contributed by atoms with E-state index in [9.17, 15) is 4.79 Å². The Labute approximate surface area is 93.5 Å². The Bertz CT molecular complexity index is 389. The lowest BCUT2D eigenvalue weighted by atomic mass is 10.2. The normalized spacial score (nSPS) is 8.60. The number of pyridine rings is 1. The molecule has 1 aromatic heterocycles. The molecule has 0 amide bonds. The van der Waals surface area contributed by atoms with Crippen LogP contribution in [0.15, 0.2) is 54.7 Å². The van der Waals surface area contributed by atoms with Crippen molar-refractivity contribution in [1.29, 1.82) is 0 Å². The first kappa shape index (κ1) is 11.4. The lowest BCUT2D eigenvalue weighted by Crippen LogP contribution is -1.73. The van der Waals surface area contributed by atoms with Gasteiger partial charge in [0.05, 0.1) is 0 Å². The summed E-state index contributed by atoms with van der Waals surface area (Å²) >= 11 is 5.43. The molecule has 0 unspecified atom stereocenters. The van der Waals surface area contributed by atoms with Gasteiger partial charge in [-0.1, -0.05) is 48.0 Å². The van der Waals surface area contributed by atoms with E-state index in [2.05, 4.69) is 4.98 Å². The van der Waals surface area contributed by atoms with Gasteiger partial charge < -0.3 is 0 Å². The summed E-state index contributed by atoms with van der Waals surface area (Å²) in [6.45, 7) is 0. The molecule has 0 bridgehead atoms. The first-order valence-corrected chi connectivity index (χ1v) is 4.77. The van der Waals surface area contributed by atoms with Crippen LogP contribution in [-0.4, -0.2) is 11.3 Å². The molecule has 76 valence electrons. The molecule has 2 aromatic rings. The summed E-state index contributed by atoms with van der Waals surface area (Å²) in [6, 6.07) is 14.5. The van der Waals surface area contributed by atoms with Crippen molar-refractivity contribution in [2.45, 2.75) is 0 Å². The number of carbonyl (C=O) groups excluding carboxylic acids is 1. The lowest BCUT2D eigenvalue weighted by molar-refractivity contribution is 0.112. The van der Waals surface area contributed by atoms with E-state index in [1.165, 1.54) is 0 Å². The average molecular weight is 220 g/mol. The fourth-order valence-corrected chi connectivity index (χ4v) is 1.00. The maximum absolute atomic E-state index is 10.0. The topological polar surface area (TPSA) is 30.0 Å². The number of aromatic nitrogens is 1. The Balaban J connectivity index is 0.000000151. The van der Waals surface area contributed by atoms with Crippen molar-refractivity contribution in [3.8, 4) is 0 Å². The standard InChI is InChI=1S/C7H6O.C5H4ClN/c8-6-7-4-2-1-3-5-7;6-5-3-1-2-4-7-5/h1-6H;1-4H. The number of benzene rings is 1. The molecule has 1 aromatic carbocycles. The highest BCUT2D eigenvalue weighted by Crippen LogP contribution is 1.98. The highest BCUT2D eigenvalue weighted by atomic mass is 35.5. The van der Waals surface area contributed by atoms with Crippen molar-refractivity contribution in [2.24, 2.45) is 0 Å². The van der Waals surface area contributed by atoms with Gasteiger partial charge in [-0.15, -0.1) is 0 Å². The summed E-state index contributed by atoms with van der Waals surface area (Å²) in [5.41, 5.74) is 0.729. The Morgan fingerprint density at radius 2 is 1.67 bits per heavy atom.